The second kappa shape index (κ2) is 25.3. The lowest BCUT2D eigenvalue weighted by molar-refractivity contribution is -0.366. The molecule has 11 unspecified atom stereocenters. The summed E-state index contributed by atoms with van der Waals surface area (Å²) >= 11 is 3.81. The van der Waals surface area contributed by atoms with Gasteiger partial charge in [-0.2, -0.15) is 0 Å². The molecule has 1 N–H and O–H groups in total. The summed E-state index contributed by atoms with van der Waals surface area (Å²) < 4.78 is 64.6. The third-order valence-electron chi connectivity index (χ3n) is 10.7. The number of ether oxygens (including phenoxy) is 8. The minimum atomic E-state index is -1.09. The number of halogens is 2. The Kier molecular flexibility index (Phi) is 20.4. The lowest BCUT2D eigenvalue weighted by Gasteiger charge is -2.49. The summed E-state index contributed by atoms with van der Waals surface area (Å²) in [5.41, 5.74) is 3.02. The highest BCUT2D eigenvalue weighted by Gasteiger charge is 2.54. The summed E-state index contributed by atoms with van der Waals surface area (Å²) in [6.45, 7) is 5.17. The van der Waals surface area contributed by atoms with Gasteiger partial charge >= 0.3 is 0 Å². The van der Waals surface area contributed by atoms with E-state index in [9.17, 15) is 5.11 Å². The van der Waals surface area contributed by atoms with Crippen molar-refractivity contribution in [2.24, 2.45) is 11.8 Å². The van der Waals surface area contributed by atoms with E-state index >= 15 is 0 Å². The molecular weight excluding hydrogens is 1010 g/mol. The molecule has 318 valence electrons. The summed E-state index contributed by atoms with van der Waals surface area (Å²) in [6, 6.07) is 30.0. The van der Waals surface area contributed by atoms with Gasteiger partial charge in [0.1, 0.15) is 71.8 Å². The van der Waals surface area contributed by atoms with Gasteiger partial charge in [0.25, 0.3) is 0 Å². The van der Waals surface area contributed by atoms with Crippen LogP contribution in [0.5, 0.6) is 0 Å². The maximum atomic E-state index is 11.6. The lowest BCUT2D eigenvalue weighted by Crippen LogP contribution is -2.65. The van der Waals surface area contributed by atoms with Gasteiger partial charge in [-0.15, -0.1) is 9.24 Å². The topological polar surface area (TPSA) is 113 Å². The molecule has 6 rings (SSSR count). The number of hydrogen-bond donors (Lipinski definition) is 1. The maximum absolute atomic E-state index is 11.6. The highest BCUT2D eigenvalue weighted by Crippen LogP contribution is 2.39. The molecule has 2 heterocycles. The Hall–Kier alpha value is -0.800. The largest absolute Gasteiger partial charge is 0.387 e. The van der Waals surface area contributed by atoms with Crippen LogP contribution in [0.1, 0.15) is 42.9 Å². The zero-order chi connectivity index (χ0) is 40.5. The second-order valence-electron chi connectivity index (χ2n) is 14.7. The molecule has 3 aliphatic rings. The van der Waals surface area contributed by atoms with E-state index in [0.717, 1.165) is 58.4 Å². The first kappa shape index (κ1) is 46.7. The van der Waals surface area contributed by atoms with E-state index in [2.05, 4.69) is 9.24 Å². The molecule has 0 spiro atoms. The zero-order valence-electron chi connectivity index (χ0n) is 32.6. The monoisotopic (exact) mass is 1060 g/mol. The van der Waals surface area contributed by atoms with Crippen molar-refractivity contribution in [1.82, 2.24) is 0 Å². The van der Waals surface area contributed by atoms with Crippen LogP contribution in [-0.2, 0) is 65.0 Å². The second-order valence-corrected chi connectivity index (χ2v) is 17.0. The third kappa shape index (κ3) is 13.6. The van der Waals surface area contributed by atoms with Crippen molar-refractivity contribution in [3.63, 3.8) is 0 Å². The van der Waals surface area contributed by atoms with Crippen molar-refractivity contribution in [2.75, 3.05) is 26.4 Å². The van der Waals surface area contributed by atoms with E-state index in [1.807, 2.05) is 125 Å². The summed E-state index contributed by atoms with van der Waals surface area (Å²) in [7, 11) is 3.67. The summed E-state index contributed by atoms with van der Waals surface area (Å²) in [5, 5.41) is 11.6. The summed E-state index contributed by atoms with van der Waals surface area (Å²) in [4.78, 5) is 0. The third-order valence-corrected chi connectivity index (χ3v) is 12.4. The fourth-order valence-electron chi connectivity index (χ4n) is 7.59. The molecular formula is C43H55I2O11PS. The maximum Gasteiger partial charge on any atom is 0.188 e. The standard InChI is InChI=1S/C43H55I2O11PS/c1-2-47-25-33-22-32(23-33)18-20-49-42-41(54-43-39(55-44)36(46)37(56-58-45)34(52-43)19-21-57)40(51-27-31-16-10-5-11-17-31)38(50-26-30-14-8-4-9-15-30)35(53-42)28-48-24-29-12-6-3-7-13-29/h3-17,19,21,32-43,46H,2,18,20,22-28,57H2,1H3/b21-19+. The Morgan fingerprint density at radius 2 is 1.34 bits per heavy atom. The van der Waals surface area contributed by atoms with Crippen molar-refractivity contribution in [3.05, 3.63) is 120 Å². The smallest absolute Gasteiger partial charge is 0.188 e. The van der Waals surface area contributed by atoms with Crippen LogP contribution in [0.2, 0.25) is 0 Å². The highest BCUT2D eigenvalue weighted by molar-refractivity contribution is 14.2. The Bertz CT molecular complexity index is 1600. The van der Waals surface area contributed by atoms with Gasteiger partial charge in [0.15, 0.2) is 12.6 Å². The summed E-state index contributed by atoms with van der Waals surface area (Å²) in [5.74, 6) is 2.90. The number of benzene rings is 3. The molecule has 1 aliphatic carbocycles. The molecule has 0 radical (unpaired) electrons. The Morgan fingerprint density at radius 3 is 1.93 bits per heavy atom. The first-order valence-electron chi connectivity index (χ1n) is 19.9. The van der Waals surface area contributed by atoms with E-state index in [4.69, 9.17) is 45.1 Å². The first-order valence-corrected chi connectivity index (χ1v) is 24.7. The molecule has 11 nitrogen and oxygen atoms in total. The minimum absolute atomic E-state index is 0.208. The van der Waals surface area contributed by atoms with Crippen molar-refractivity contribution >= 4 is 62.7 Å². The van der Waals surface area contributed by atoms with Gasteiger partial charge in [-0.05, 0) is 54.7 Å². The van der Waals surface area contributed by atoms with Crippen LogP contribution in [-0.4, -0.2) is 92.9 Å². The van der Waals surface area contributed by atoms with E-state index in [1.54, 1.807) is 28.8 Å². The molecule has 2 aliphatic heterocycles. The average Bonchev–Trinajstić information content (AvgIpc) is 3.23. The predicted molar refractivity (Wildman–Crippen MR) is 242 cm³/mol. The quantitative estimate of drug-likeness (QED) is 0.0559. The van der Waals surface area contributed by atoms with Crippen LogP contribution < -0.4 is 0 Å². The molecule has 0 aromatic heterocycles. The molecule has 0 amide bonds. The molecule has 3 fully saturated rings. The van der Waals surface area contributed by atoms with Crippen LogP contribution in [0.4, 0.5) is 0 Å². The van der Waals surface area contributed by atoms with Gasteiger partial charge in [0.05, 0.1) is 42.2 Å². The number of aliphatic hydroxyl groups is 1. The number of aliphatic hydroxyl groups excluding tert-OH is 1. The van der Waals surface area contributed by atoms with Crippen molar-refractivity contribution in [3.8, 4) is 0 Å². The zero-order valence-corrected chi connectivity index (χ0v) is 38.9. The molecule has 58 heavy (non-hydrogen) atoms. The van der Waals surface area contributed by atoms with Gasteiger partial charge in [-0.3, -0.25) is 4.18 Å². The first-order chi connectivity index (χ1) is 28.5. The molecule has 3 aromatic carbocycles. The molecule has 11 atom stereocenters. The Balaban J connectivity index is 1.31. The fourth-order valence-corrected chi connectivity index (χ4v) is 9.38. The lowest BCUT2D eigenvalue weighted by atomic mass is 9.74. The van der Waals surface area contributed by atoms with Crippen LogP contribution >= 0.6 is 62.7 Å². The van der Waals surface area contributed by atoms with Gasteiger partial charge in [-0.1, -0.05) is 103 Å². The molecule has 1 saturated carbocycles. The van der Waals surface area contributed by atoms with Gasteiger partial charge in [0.2, 0.25) is 0 Å². The minimum Gasteiger partial charge on any atom is -0.387 e. The van der Waals surface area contributed by atoms with E-state index < -0.39 is 61.4 Å². The SMILES string of the molecule is CCOCC1CC(CCOC2OC(COCc3ccccc3)C(OCc3ccccc3)C(OCc3ccccc3)C2OC2OC(/C=C/P)C(OSI)C(O)C2OI)C1. The van der Waals surface area contributed by atoms with Gasteiger partial charge < -0.3 is 46.1 Å². The highest BCUT2D eigenvalue weighted by atomic mass is 127. The van der Waals surface area contributed by atoms with Gasteiger partial charge in [0, 0.05) is 34.4 Å². The Morgan fingerprint density at radius 1 is 0.724 bits per heavy atom. The van der Waals surface area contributed by atoms with Crippen LogP contribution in [0.25, 0.3) is 0 Å². The van der Waals surface area contributed by atoms with Crippen LogP contribution in [0.3, 0.4) is 0 Å². The van der Waals surface area contributed by atoms with Crippen molar-refractivity contribution < 1.29 is 50.3 Å². The molecule has 3 aromatic rings. The van der Waals surface area contributed by atoms with Crippen molar-refractivity contribution in [1.29, 1.82) is 0 Å². The van der Waals surface area contributed by atoms with E-state index in [0.29, 0.717) is 31.7 Å². The van der Waals surface area contributed by atoms with Gasteiger partial charge in [-0.25, -0.2) is 0 Å². The summed E-state index contributed by atoms with van der Waals surface area (Å²) in [6.07, 6.45) is -3.37. The number of rotatable bonds is 23. The normalized spacial score (nSPS) is 31.3. The average molecular weight is 1060 g/mol. The number of hydrogen-bond acceptors (Lipinski definition) is 12. The fraction of sp³-hybridized carbons (Fsp3) is 0.535. The Labute approximate surface area is 375 Å². The molecule has 2 saturated heterocycles. The van der Waals surface area contributed by atoms with Crippen LogP contribution in [0, 0.1) is 11.8 Å². The molecule has 0 bridgehead atoms. The molecule has 15 heteroatoms. The van der Waals surface area contributed by atoms with Crippen molar-refractivity contribution in [2.45, 2.75) is 107 Å². The van der Waals surface area contributed by atoms with E-state index in [-0.39, 0.29) is 13.2 Å². The van der Waals surface area contributed by atoms with Crippen LogP contribution in [0.15, 0.2) is 103 Å². The van der Waals surface area contributed by atoms with E-state index in [1.165, 1.54) is 0 Å². The predicted octanol–water partition coefficient (Wildman–Crippen LogP) is 8.55.